The molecule has 0 aromatic rings. The van der Waals surface area contributed by atoms with Crippen LogP contribution < -0.4 is 5.32 Å². The number of aliphatic carboxylic acids is 1. The highest BCUT2D eigenvalue weighted by molar-refractivity contribution is 6.03. The first-order chi connectivity index (χ1) is 12.6. The fraction of sp³-hybridized carbons (Fsp3) is 0.500. The molecule has 0 spiro atoms. The maximum absolute atomic E-state index is 12.1. The first-order valence-electron chi connectivity index (χ1n) is 9.46. The van der Waals surface area contributed by atoms with Crippen LogP contribution in [0.4, 0.5) is 0 Å². The summed E-state index contributed by atoms with van der Waals surface area (Å²) in [6, 6.07) is -0.275. The molecular weight excluding hydrogens is 328 g/mol. The number of carbonyl (C=O) groups is 1. The number of aliphatic imine (C=N–C) groups is 3. The van der Waals surface area contributed by atoms with Crippen molar-refractivity contribution < 1.29 is 9.90 Å². The van der Waals surface area contributed by atoms with Crippen LogP contribution in [0, 0.1) is 0 Å². The Bertz CT molecular complexity index is 874. The van der Waals surface area contributed by atoms with E-state index in [9.17, 15) is 9.90 Å². The molecule has 2 atom stereocenters. The molecule has 0 radical (unpaired) electrons. The number of nitrogens with zero attached hydrogens (tertiary/aromatic N) is 3. The van der Waals surface area contributed by atoms with Crippen LogP contribution in [0.2, 0.25) is 0 Å². The molecule has 0 aliphatic carbocycles. The van der Waals surface area contributed by atoms with Crippen molar-refractivity contribution in [2.24, 2.45) is 15.0 Å². The predicted molar refractivity (Wildman–Crippen MR) is 101 cm³/mol. The van der Waals surface area contributed by atoms with E-state index in [1.54, 1.807) is 0 Å². The molecule has 0 saturated carbocycles. The molecule has 6 heteroatoms. The summed E-state index contributed by atoms with van der Waals surface area (Å²) in [5.74, 6) is -0.848. The van der Waals surface area contributed by atoms with Gasteiger partial charge in [0.25, 0.3) is 0 Å². The summed E-state index contributed by atoms with van der Waals surface area (Å²) >= 11 is 0. The third-order valence-corrected chi connectivity index (χ3v) is 5.95. The minimum absolute atomic E-state index is 0.275. The van der Waals surface area contributed by atoms with Crippen molar-refractivity contribution in [2.75, 3.05) is 0 Å². The Balaban J connectivity index is 1.62. The SMILES string of the molecule is O=C(O)C12CCC(=N1)/C=C1/CC/C(=C/C3=NC(=C\C4=NC2CC4)/CC3)N1. The van der Waals surface area contributed by atoms with E-state index in [1.165, 1.54) is 5.70 Å². The first kappa shape index (κ1) is 15.7. The molecule has 2 unspecified atom stereocenters. The highest BCUT2D eigenvalue weighted by atomic mass is 16.4. The van der Waals surface area contributed by atoms with Crippen molar-refractivity contribution in [2.45, 2.75) is 62.9 Å². The van der Waals surface area contributed by atoms with Gasteiger partial charge in [0.05, 0.1) is 6.04 Å². The Morgan fingerprint density at radius 3 is 2.62 bits per heavy atom. The number of hydrogen-bond donors (Lipinski definition) is 2. The Morgan fingerprint density at radius 1 is 1.00 bits per heavy atom. The van der Waals surface area contributed by atoms with E-state index >= 15 is 0 Å². The molecule has 134 valence electrons. The molecular formula is C20H22N4O2. The number of carboxylic acid groups (broad SMARTS) is 1. The Morgan fingerprint density at radius 2 is 1.81 bits per heavy atom. The van der Waals surface area contributed by atoms with Gasteiger partial charge in [0.2, 0.25) is 0 Å². The minimum Gasteiger partial charge on any atom is -0.479 e. The number of nitrogens with one attached hydrogen (secondary N) is 1. The van der Waals surface area contributed by atoms with Gasteiger partial charge in [-0.25, -0.2) is 4.79 Å². The maximum Gasteiger partial charge on any atom is 0.333 e. The lowest BCUT2D eigenvalue weighted by molar-refractivity contribution is -0.143. The molecule has 0 amide bonds. The standard InChI is InChI=1S/C20H22N4O2/c25-19(26)20-8-7-17(24-20)11-15-4-3-13(22-15)9-12-1-2-14(21-12)10-16-5-6-18(20)23-16/h9-11,18,22H,1-8H2,(H,25,26)/b13-9-,14-10-,15-11-. The molecule has 0 aromatic heterocycles. The number of allylic oxidation sites excluding steroid dienone is 6. The van der Waals surface area contributed by atoms with Gasteiger partial charge in [0.1, 0.15) is 0 Å². The largest absolute Gasteiger partial charge is 0.479 e. The maximum atomic E-state index is 12.1. The Hall–Kier alpha value is -2.50. The van der Waals surface area contributed by atoms with Gasteiger partial charge in [-0.05, 0) is 69.6 Å². The van der Waals surface area contributed by atoms with Crippen LogP contribution in [0.5, 0.6) is 0 Å². The summed E-state index contributed by atoms with van der Waals surface area (Å²) in [6.07, 6.45) is 12.9. The number of rotatable bonds is 1. The van der Waals surface area contributed by atoms with Crippen molar-refractivity contribution in [1.29, 1.82) is 0 Å². The lowest BCUT2D eigenvalue weighted by Crippen LogP contribution is -2.44. The van der Waals surface area contributed by atoms with Crippen LogP contribution in [0.15, 0.2) is 50.3 Å². The van der Waals surface area contributed by atoms with Gasteiger partial charge >= 0.3 is 5.97 Å². The average molecular weight is 350 g/mol. The molecule has 5 heterocycles. The second-order valence-corrected chi connectivity index (χ2v) is 7.71. The summed E-state index contributed by atoms with van der Waals surface area (Å²) in [4.78, 5) is 26.4. The molecule has 8 bridgehead atoms. The van der Waals surface area contributed by atoms with Crippen molar-refractivity contribution in [3.8, 4) is 0 Å². The molecule has 5 rings (SSSR count). The normalized spacial score (nSPS) is 38.4. The molecule has 5 aliphatic heterocycles. The summed E-state index contributed by atoms with van der Waals surface area (Å²) in [5, 5.41) is 13.4. The monoisotopic (exact) mass is 350 g/mol. The van der Waals surface area contributed by atoms with Crippen LogP contribution in [-0.2, 0) is 4.79 Å². The zero-order chi connectivity index (χ0) is 17.7. The van der Waals surface area contributed by atoms with Crippen LogP contribution in [-0.4, -0.2) is 39.8 Å². The fourth-order valence-corrected chi connectivity index (χ4v) is 4.57. The topological polar surface area (TPSA) is 86.4 Å². The van der Waals surface area contributed by atoms with E-state index in [2.05, 4.69) is 17.5 Å². The molecule has 2 N–H and O–H groups in total. The molecule has 6 nitrogen and oxygen atoms in total. The predicted octanol–water partition coefficient (Wildman–Crippen LogP) is 2.93. The van der Waals surface area contributed by atoms with E-state index in [0.717, 1.165) is 67.1 Å². The number of hydrogen-bond acceptors (Lipinski definition) is 5. The summed E-state index contributed by atoms with van der Waals surface area (Å²) in [7, 11) is 0. The molecule has 26 heavy (non-hydrogen) atoms. The van der Waals surface area contributed by atoms with Gasteiger partial charge in [0, 0.05) is 34.2 Å². The second-order valence-electron chi connectivity index (χ2n) is 7.71. The van der Waals surface area contributed by atoms with Crippen LogP contribution in [0.1, 0.15) is 51.4 Å². The average Bonchev–Trinajstić information content (AvgIpc) is 3.36. The van der Waals surface area contributed by atoms with Gasteiger partial charge in [-0.1, -0.05) is 0 Å². The fourth-order valence-electron chi connectivity index (χ4n) is 4.57. The zero-order valence-electron chi connectivity index (χ0n) is 14.7. The van der Waals surface area contributed by atoms with E-state index in [-0.39, 0.29) is 6.04 Å². The molecule has 1 saturated heterocycles. The smallest absolute Gasteiger partial charge is 0.333 e. The van der Waals surface area contributed by atoms with E-state index in [1.807, 2.05) is 6.08 Å². The van der Waals surface area contributed by atoms with E-state index in [4.69, 9.17) is 15.0 Å². The van der Waals surface area contributed by atoms with Crippen molar-refractivity contribution in [3.05, 3.63) is 35.3 Å². The summed E-state index contributed by atoms with van der Waals surface area (Å²) in [6.45, 7) is 0. The quantitative estimate of drug-likeness (QED) is 0.762. The van der Waals surface area contributed by atoms with Gasteiger partial charge < -0.3 is 10.4 Å². The van der Waals surface area contributed by atoms with Crippen LogP contribution in [0.3, 0.4) is 0 Å². The van der Waals surface area contributed by atoms with Gasteiger partial charge in [-0.15, -0.1) is 0 Å². The molecule has 0 aromatic carbocycles. The number of carboxylic acids is 1. The highest BCUT2D eigenvalue weighted by Gasteiger charge is 2.50. The third kappa shape index (κ3) is 2.55. The molecule has 5 aliphatic rings. The Kier molecular flexibility index (Phi) is 3.48. The van der Waals surface area contributed by atoms with Crippen LogP contribution >= 0.6 is 0 Å². The summed E-state index contributed by atoms with van der Waals surface area (Å²) < 4.78 is 0. The third-order valence-electron chi connectivity index (χ3n) is 5.95. The lowest BCUT2D eigenvalue weighted by atomic mass is 9.87. The lowest BCUT2D eigenvalue weighted by Gasteiger charge is -2.25. The highest BCUT2D eigenvalue weighted by Crippen LogP contribution is 2.38. The van der Waals surface area contributed by atoms with Gasteiger partial charge in [-0.2, -0.15) is 0 Å². The van der Waals surface area contributed by atoms with Gasteiger partial charge in [-0.3, -0.25) is 15.0 Å². The van der Waals surface area contributed by atoms with E-state index < -0.39 is 11.5 Å². The summed E-state index contributed by atoms with van der Waals surface area (Å²) in [5.41, 5.74) is 5.23. The first-order valence-corrected chi connectivity index (χ1v) is 9.46. The Labute approximate surface area is 152 Å². The van der Waals surface area contributed by atoms with Crippen molar-refractivity contribution >= 4 is 23.1 Å². The zero-order valence-corrected chi connectivity index (χ0v) is 14.7. The number of fused-ring (bicyclic) bond motifs is 6. The second kappa shape index (κ2) is 5.76. The van der Waals surface area contributed by atoms with Crippen LogP contribution in [0.25, 0.3) is 0 Å². The van der Waals surface area contributed by atoms with Crippen molar-refractivity contribution in [3.63, 3.8) is 0 Å². The van der Waals surface area contributed by atoms with Crippen molar-refractivity contribution in [1.82, 2.24) is 5.32 Å². The van der Waals surface area contributed by atoms with E-state index in [0.29, 0.717) is 12.8 Å². The molecule has 1 fully saturated rings. The van der Waals surface area contributed by atoms with Gasteiger partial charge in [0.15, 0.2) is 5.54 Å². The minimum atomic E-state index is -1.10.